The smallest absolute Gasteiger partial charge is 0.409 e. The van der Waals surface area contributed by atoms with Crippen molar-refractivity contribution in [3.8, 4) is 11.8 Å². The molecule has 0 aliphatic carbocycles. The van der Waals surface area contributed by atoms with Crippen LogP contribution in [0.4, 0.5) is 14.9 Å². The van der Waals surface area contributed by atoms with E-state index in [4.69, 9.17) is 5.11 Å². The Labute approximate surface area is 109 Å². The molecule has 19 heavy (non-hydrogen) atoms. The normalized spacial score (nSPS) is 9.32. The third-order valence-corrected chi connectivity index (χ3v) is 2.34. The van der Waals surface area contributed by atoms with Gasteiger partial charge in [-0.3, -0.25) is 5.32 Å². The zero-order valence-electron chi connectivity index (χ0n) is 9.85. The van der Waals surface area contributed by atoms with Crippen LogP contribution in [0.5, 0.6) is 0 Å². The Kier molecular flexibility index (Phi) is 3.79. The summed E-state index contributed by atoms with van der Waals surface area (Å²) in [5.74, 6) is 5.15. The number of hydrogen-bond acceptors (Lipinski definition) is 1. The maximum absolute atomic E-state index is 13.2. The van der Waals surface area contributed by atoms with Crippen LogP contribution in [-0.4, -0.2) is 11.2 Å². The maximum Gasteiger partial charge on any atom is 0.409 e. The molecule has 0 saturated carbocycles. The van der Waals surface area contributed by atoms with E-state index in [1.54, 1.807) is 0 Å². The second-order valence-corrected chi connectivity index (χ2v) is 3.74. The van der Waals surface area contributed by atoms with Gasteiger partial charge < -0.3 is 5.11 Å². The fourth-order valence-corrected chi connectivity index (χ4v) is 1.51. The van der Waals surface area contributed by atoms with Gasteiger partial charge in [0.2, 0.25) is 0 Å². The van der Waals surface area contributed by atoms with Crippen LogP contribution in [0, 0.1) is 17.7 Å². The van der Waals surface area contributed by atoms with Crippen LogP contribution >= 0.6 is 0 Å². The zero-order valence-corrected chi connectivity index (χ0v) is 9.85. The summed E-state index contributed by atoms with van der Waals surface area (Å²) in [6.07, 6.45) is -1.21. The molecule has 0 spiro atoms. The Hall–Kier alpha value is -2.80. The van der Waals surface area contributed by atoms with Crippen molar-refractivity contribution >= 4 is 11.8 Å². The molecule has 0 heterocycles. The number of benzene rings is 2. The number of rotatable bonds is 1. The van der Waals surface area contributed by atoms with Crippen LogP contribution in [0.25, 0.3) is 0 Å². The highest BCUT2D eigenvalue weighted by atomic mass is 19.1. The fraction of sp³-hybridized carbons (Fsp3) is 0. The molecule has 0 radical (unpaired) electrons. The van der Waals surface area contributed by atoms with E-state index in [0.717, 1.165) is 5.56 Å². The molecule has 0 bridgehead atoms. The van der Waals surface area contributed by atoms with Crippen LogP contribution in [0.3, 0.4) is 0 Å². The van der Waals surface area contributed by atoms with E-state index in [1.807, 2.05) is 30.3 Å². The van der Waals surface area contributed by atoms with Crippen molar-refractivity contribution in [1.29, 1.82) is 0 Å². The van der Waals surface area contributed by atoms with E-state index >= 15 is 0 Å². The lowest BCUT2D eigenvalue weighted by Crippen LogP contribution is -2.08. The van der Waals surface area contributed by atoms with Crippen molar-refractivity contribution in [2.45, 2.75) is 0 Å². The fourth-order valence-electron chi connectivity index (χ4n) is 1.51. The van der Waals surface area contributed by atoms with E-state index in [9.17, 15) is 9.18 Å². The molecule has 2 aromatic rings. The summed E-state index contributed by atoms with van der Waals surface area (Å²) < 4.78 is 13.2. The summed E-state index contributed by atoms with van der Waals surface area (Å²) in [7, 11) is 0. The monoisotopic (exact) mass is 255 g/mol. The molecule has 0 saturated heterocycles. The third-order valence-electron chi connectivity index (χ3n) is 2.34. The lowest BCUT2D eigenvalue weighted by molar-refractivity contribution is 0.209. The summed E-state index contributed by atoms with van der Waals surface area (Å²) in [6.45, 7) is 0. The highest BCUT2D eigenvalue weighted by Gasteiger charge is 2.04. The van der Waals surface area contributed by atoms with Gasteiger partial charge in [0, 0.05) is 5.56 Å². The van der Waals surface area contributed by atoms with Gasteiger partial charge in [0.05, 0.1) is 11.3 Å². The SMILES string of the molecule is O=C(O)Nc1ccc(F)cc1C#Cc1ccccc1. The molecule has 0 unspecified atom stereocenters. The topological polar surface area (TPSA) is 49.3 Å². The molecule has 0 aliphatic heterocycles. The van der Waals surface area contributed by atoms with Gasteiger partial charge in [0.1, 0.15) is 5.82 Å². The van der Waals surface area contributed by atoms with Crippen molar-refractivity contribution in [1.82, 2.24) is 0 Å². The zero-order chi connectivity index (χ0) is 13.7. The van der Waals surface area contributed by atoms with Crippen molar-refractivity contribution in [2.75, 3.05) is 5.32 Å². The van der Waals surface area contributed by atoms with Crippen LogP contribution in [0.15, 0.2) is 48.5 Å². The van der Waals surface area contributed by atoms with Crippen LogP contribution in [-0.2, 0) is 0 Å². The van der Waals surface area contributed by atoms with E-state index in [-0.39, 0.29) is 5.69 Å². The van der Waals surface area contributed by atoms with Crippen molar-refractivity contribution in [3.05, 3.63) is 65.5 Å². The van der Waals surface area contributed by atoms with E-state index < -0.39 is 11.9 Å². The van der Waals surface area contributed by atoms with Gasteiger partial charge in [-0.25, -0.2) is 9.18 Å². The predicted octanol–water partition coefficient (Wildman–Crippen LogP) is 3.32. The number of halogens is 1. The van der Waals surface area contributed by atoms with Crippen molar-refractivity contribution < 1.29 is 14.3 Å². The van der Waals surface area contributed by atoms with Gasteiger partial charge >= 0.3 is 6.09 Å². The quantitative estimate of drug-likeness (QED) is 0.768. The minimum absolute atomic E-state index is 0.261. The molecule has 2 aromatic carbocycles. The minimum atomic E-state index is -1.21. The van der Waals surface area contributed by atoms with Crippen molar-refractivity contribution in [3.63, 3.8) is 0 Å². The number of carboxylic acid groups (broad SMARTS) is 1. The first-order valence-electron chi connectivity index (χ1n) is 5.52. The Morgan fingerprint density at radius 3 is 2.53 bits per heavy atom. The minimum Gasteiger partial charge on any atom is -0.465 e. The standard InChI is InChI=1S/C15H10FNO2/c16-13-8-9-14(17-15(18)19)12(10-13)7-6-11-4-2-1-3-5-11/h1-5,8-10,17H,(H,18,19). The van der Waals surface area contributed by atoms with E-state index in [2.05, 4.69) is 17.2 Å². The van der Waals surface area contributed by atoms with E-state index in [1.165, 1.54) is 18.2 Å². The summed E-state index contributed by atoms with van der Waals surface area (Å²) >= 11 is 0. The lowest BCUT2D eigenvalue weighted by atomic mass is 10.1. The lowest BCUT2D eigenvalue weighted by Gasteiger charge is -2.03. The Bertz CT molecular complexity index is 657. The van der Waals surface area contributed by atoms with Crippen molar-refractivity contribution in [2.24, 2.45) is 0 Å². The van der Waals surface area contributed by atoms with Gasteiger partial charge in [0.25, 0.3) is 0 Å². The second-order valence-electron chi connectivity index (χ2n) is 3.74. The average molecular weight is 255 g/mol. The van der Waals surface area contributed by atoms with Gasteiger partial charge in [-0.05, 0) is 30.3 Å². The molecule has 0 aromatic heterocycles. The van der Waals surface area contributed by atoms with Gasteiger partial charge in [-0.2, -0.15) is 0 Å². The molecule has 4 heteroatoms. The molecule has 0 aliphatic rings. The number of nitrogens with one attached hydrogen (secondary N) is 1. The highest BCUT2D eigenvalue weighted by molar-refractivity contribution is 5.85. The number of amides is 1. The van der Waals surface area contributed by atoms with Gasteiger partial charge in [-0.1, -0.05) is 30.0 Å². The van der Waals surface area contributed by atoms with Crippen LogP contribution in [0.1, 0.15) is 11.1 Å². The molecular formula is C15H10FNO2. The molecule has 1 amide bonds. The molecule has 0 atom stereocenters. The Morgan fingerprint density at radius 1 is 1.11 bits per heavy atom. The Morgan fingerprint density at radius 2 is 1.84 bits per heavy atom. The van der Waals surface area contributed by atoms with Gasteiger partial charge in [-0.15, -0.1) is 0 Å². The maximum atomic E-state index is 13.2. The molecular weight excluding hydrogens is 245 g/mol. The molecule has 0 fully saturated rings. The summed E-state index contributed by atoms with van der Waals surface area (Å²) in [5, 5.41) is 10.9. The molecule has 3 nitrogen and oxygen atoms in total. The number of hydrogen-bond donors (Lipinski definition) is 2. The first-order valence-corrected chi connectivity index (χ1v) is 5.52. The van der Waals surface area contributed by atoms with Crippen LogP contribution in [0.2, 0.25) is 0 Å². The summed E-state index contributed by atoms with van der Waals surface area (Å²) in [6, 6.07) is 12.9. The van der Waals surface area contributed by atoms with E-state index in [0.29, 0.717) is 5.56 Å². The molecule has 2 rings (SSSR count). The molecule has 94 valence electrons. The van der Waals surface area contributed by atoms with Crippen LogP contribution < -0.4 is 5.32 Å². The number of carbonyl (C=O) groups is 1. The molecule has 2 N–H and O–H groups in total. The first-order chi connectivity index (χ1) is 9.15. The average Bonchev–Trinajstić information content (AvgIpc) is 2.40. The van der Waals surface area contributed by atoms with Gasteiger partial charge in [0.15, 0.2) is 0 Å². The largest absolute Gasteiger partial charge is 0.465 e. The predicted molar refractivity (Wildman–Crippen MR) is 70.5 cm³/mol. The summed E-state index contributed by atoms with van der Waals surface area (Å²) in [5.41, 5.74) is 1.33. The second kappa shape index (κ2) is 5.69. The number of anilines is 1. The first kappa shape index (κ1) is 12.7. The third kappa shape index (κ3) is 3.58. The summed E-state index contributed by atoms with van der Waals surface area (Å²) in [4.78, 5) is 10.6. The highest BCUT2D eigenvalue weighted by Crippen LogP contribution is 2.16. The Balaban J connectivity index is 2.36.